The van der Waals surface area contributed by atoms with Crippen LogP contribution in [0.3, 0.4) is 0 Å². The van der Waals surface area contributed by atoms with Crippen molar-refractivity contribution in [1.82, 2.24) is 15.6 Å². The summed E-state index contributed by atoms with van der Waals surface area (Å²) in [5.41, 5.74) is 1.94. The van der Waals surface area contributed by atoms with Crippen LogP contribution in [0, 0.1) is 5.92 Å². The average Bonchev–Trinajstić information content (AvgIpc) is 2.93. The van der Waals surface area contributed by atoms with Crippen molar-refractivity contribution >= 4 is 11.3 Å². The molecule has 0 aromatic carbocycles. The molecule has 2 atom stereocenters. The van der Waals surface area contributed by atoms with Crippen molar-refractivity contribution in [2.45, 2.75) is 37.6 Å². The summed E-state index contributed by atoms with van der Waals surface area (Å²) in [5.74, 6) is 1.71. The fourth-order valence-electron chi connectivity index (χ4n) is 2.79. The SMILES string of the molecule is c1ncc(C2CC2NCCC2CCNCC2)s1. The van der Waals surface area contributed by atoms with E-state index in [0.29, 0.717) is 0 Å². The Morgan fingerprint density at radius 2 is 2.29 bits per heavy atom. The van der Waals surface area contributed by atoms with Crippen molar-refractivity contribution in [3.05, 3.63) is 16.6 Å². The van der Waals surface area contributed by atoms with E-state index >= 15 is 0 Å². The van der Waals surface area contributed by atoms with E-state index in [2.05, 4.69) is 15.6 Å². The lowest BCUT2D eigenvalue weighted by atomic mass is 9.95. The molecule has 1 aliphatic carbocycles. The van der Waals surface area contributed by atoms with E-state index in [9.17, 15) is 0 Å². The van der Waals surface area contributed by atoms with Gasteiger partial charge in [0.2, 0.25) is 0 Å². The second-order valence-electron chi connectivity index (χ2n) is 5.29. The Morgan fingerprint density at radius 1 is 1.41 bits per heavy atom. The molecule has 1 aliphatic heterocycles. The third-order valence-corrected chi connectivity index (χ3v) is 4.93. The van der Waals surface area contributed by atoms with E-state index < -0.39 is 0 Å². The number of piperidine rings is 1. The highest BCUT2D eigenvalue weighted by molar-refractivity contribution is 7.09. The maximum Gasteiger partial charge on any atom is 0.0794 e. The van der Waals surface area contributed by atoms with Crippen molar-refractivity contribution in [3.63, 3.8) is 0 Å². The summed E-state index contributed by atoms with van der Waals surface area (Å²) in [7, 11) is 0. The lowest BCUT2D eigenvalue weighted by Gasteiger charge is -2.22. The van der Waals surface area contributed by atoms with Gasteiger partial charge in [-0.15, -0.1) is 11.3 Å². The fraction of sp³-hybridized carbons (Fsp3) is 0.769. The van der Waals surface area contributed by atoms with Crippen LogP contribution in [-0.4, -0.2) is 30.7 Å². The topological polar surface area (TPSA) is 37.0 Å². The van der Waals surface area contributed by atoms with Gasteiger partial charge >= 0.3 is 0 Å². The van der Waals surface area contributed by atoms with Crippen molar-refractivity contribution in [2.24, 2.45) is 5.92 Å². The monoisotopic (exact) mass is 251 g/mol. The molecule has 94 valence electrons. The molecule has 2 aliphatic rings. The van der Waals surface area contributed by atoms with Crippen LogP contribution in [-0.2, 0) is 0 Å². The molecule has 0 bridgehead atoms. The van der Waals surface area contributed by atoms with E-state index in [-0.39, 0.29) is 0 Å². The summed E-state index contributed by atoms with van der Waals surface area (Å²) in [6, 6.07) is 0.733. The van der Waals surface area contributed by atoms with E-state index in [4.69, 9.17) is 0 Å². The quantitative estimate of drug-likeness (QED) is 0.840. The molecule has 1 aromatic rings. The van der Waals surface area contributed by atoms with Crippen molar-refractivity contribution in [3.8, 4) is 0 Å². The number of nitrogens with one attached hydrogen (secondary N) is 2. The average molecular weight is 251 g/mol. The van der Waals surface area contributed by atoms with Gasteiger partial charge in [-0.3, -0.25) is 4.98 Å². The Bertz CT molecular complexity index is 332. The number of hydrogen-bond donors (Lipinski definition) is 2. The van der Waals surface area contributed by atoms with E-state index in [1.54, 1.807) is 11.3 Å². The number of aromatic nitrogens is 1. The second-order valence-corrected chi connectivity index (χ2v) is 6.21. The van der Waals surface area contributed by atoms with Crippen LogP contribution < -0.4 is 10.6 Å². The smallest absolute Gasteiger partial charge is 0.0794 e. The van der Waals surface area contributed by atoms with Crippen LogP contribution in [0.25, 0.3) is 0 Å². The summed E-state index contributed by atoms with van der Waals surface area (Å²) in [6.45, 7) is 3.64. The van der Waals surface area contributed by atoms with Crippen LogP contribution in [0.15, 0.2) is 11.7 Å². The molecule has 0 amide bonds. The number of nitrogens with zero attached hydrogens (tertiary/aromatic N) is 1. The van der Waals surface area contributed by atoms with Crippen molar-refractivity contribution in [2.75, 3.05) is 19.6 Å². The number of hydrogen-bond acceptors (Lipinski definition) is 4. The van der Waals surface area contributed by atoms with Gasteiger partial charge in [0.15, 0.2) is 0 Å². The predicted octanol–water partition coefficient (Wildman–Crippen LogP) is 1.98. The molecule has 2 unspecified atom stereocenters. The summed E-state index contributed by atoms with van der Waals surface area (Å²) < 4.78 is 0. The second kappa shape index (κ2) is 5.46. The zero-order chi connectivity index (χ0) is 11.5. The van der Waals surface area contributed by atoms with E-state index in [0.717, 1.165) is 17.9 Å². The van der Waals surface area contributed by atoms with Gasteiger partial charge in [-0.05, 0) is 51.2 Å². The van der Waals surface area contributed by atoms with Gasteiger partial charge in [0, 0.05) is 23.0 Å². The molecule has 4 heteroatoms. The first-order valence-corrected chi connectivity index (χ1v) is 7.64. The Morgan fingerprint density at radius 3 is 3.06 bits per heavy atom. The third-order valence-electron chi connectivity index (χ3n) is 4.03. The third kappa shape index (κ3) is 3.06. The lowest BCUT2D eigenvalue weighted by Crippen LogP contribution is -2.30. The molecule has 2 N–H and O–H groups in total. The summed E-state index contributed by atoms with van der Waals surface area (Å²) in [4.78, 5) is 5.62. The predicted molar refractivity (Wildman–Crippen MR) is 71.5 cm³/mol. The largest absolute Gasteiger partial charge is 0.317 e. The highest BCUT2D eigenvalue weighted by Gasteiger charge is 2.38. The lowest BCUT2D eigenvalue weighted by molar-refractivity contribution is 0.348. The zero-order valence-corrected chi connectivity index (χ0v) is 11.0. The summed E-state index contributed by atoms with van der Waals surface area (Å²) in [5, 5.41) is 7.13. The maximum atomic E-state index is 4.16. The molecule has 1 saturated heterocycles. The van der Waals surface area contributed by atoms with Gasteiger partial charge in [-0.1, -0.05) is 0 Å². The van der Waals surface area contributed by atoms with Crippen LogP contribution in [0.1, 0.15) is 36.5 Å². The van der Waals surface area contributed by atoms with Gasteiger partial charge < -0.3 is 10.6 Å². The molecule has 0 spiro atoms. The first-order valence-electron chi connectivity index (χ1n) is 6.76. The van der Waals surface area contributed by atoms with E-state index in [1.165, 1.54) is 50.2 Å². The molecule has 3 rings (SSSR count). The standard InChI is InChI=1S/C13H21N3S/c1-4-14-5-2-10(1)3-6-16-12-7-11(12)13-8-15-9-17-13/h8-12,14,16H,1-7H2. The molecule has 2 heterocycles. The van der Waals surface area contributed by atoms with Crippen molar-refractivity contribution < 1.29 is 0 Å². The molecular weight excluding hydrogens is 230 g/mol. The van der Waals surface area contributed by atoms with Crippen molar-refractivity contribution in [1.29, 1.82) is 0 Å². The number of thiazole rings is 1. The van der Waals surface area contributed by atoms with Crippen LogP contribution in [0.2, 0.25) is 0 Å². The Labute approximate surface area is 107 Å². The minimum Gasteiger partial charge on any atom is -0.317 e. The van der Waals surface area contributed by atoms with Gasteiger partial charge in [0.05, 0.1) is 5.51 Å². The van der Waals surface area contributed by atoms with Gasteiger partial charge in [-0.25, -0.2) is 0 Å². The summed E-state index contributed by atoms with van der Waals surface area (Å²) in [6.07, 6.45) is 7.43. The molecule has 2 fully saturated rings. The highest BCUT2D eigenvalue weighted by Crippen LogP contribution is 2.42. The molecular formula is C13H21N3S. The molecule has 3 nitrogen and oxygen atoms in total. The summed E-state index contributed by atoms with van der Waals surface area (Å²) >= 11 is 1.80. The molecule has 1 saturated carbocycles. The first-order chi connectivity index (χ1) is 8.43. The molecule has 17 heavy (non-hydrogen) atoms. The fourth-order valence-corrected chi connectivity index (χ4v) is 3.59. The van der Waals surface area contributed by atoms with Crippen LogP contribution in [0.5, 0.6) is 0 Å². The number of rotatable bonds is 5. The normalized spacial score (nSPS) is 29.4. The Hall–Kier alpha value is -0.450. The molecule has 0 radical (unpaired) electrons. The van der Waals surface area contributed by atoms with Crippen LogP contribution in [0.4, 0.5) is 0 Å². The van der Waals surface area contributed by atoms with Gasteiger partial charge in [0.1, 0.15) is 0 Å². The Kier molecular flexibility index (Phi) is 3.74. The maximum absolute atomic E-state index is 4.16. The van der Waals surface area contributed by atoms with E-state index in [1.807, 2.05) is 11.7 Å². The minimum atomic E-state index is 0.733. The zero-order valence-electron chi connectivity index (χ0n) is 10.2. The van der Waals surface area contributed by atoms with Gasteiger partial charge in [-0.2, -0.15) is 0 Å². The van der Waals surface area contributed by atoms with Gasteiger partial charge in [0.25, 0.3) is 0 Å². The Balaban J connectivity index is 1.33. The first kappa shape index (κ1) is 11.6. The minimum absolute atomic E-state index is 0.733. The van der Waals surface area contributed by atoms with Crippen LogP contribution >= 0.6 is 11.3 Å². The molecule has 1 aromatic heterocycles. The highest BCUT2D eigenvalue weighted by atomic mass is 32.1.